The van der Waals surface area contributed by atoms with Crippen molar-refractivity contribution in [1.29, 1.82) is 0 Å². The molecule has 0 unspecified atom stereocenters. The lowest BCUT2D eigenvalue weighted by atomic mass is 9.76. The topological polar surface area (TPSA) is 81.3 Å². The van der Waals surface area contributed by atoms with Crippen LogP contribution in [-0.2, 0) is 16.0 Å². The third-order valence-electron chi connectivity index (χ3n) is 4.64. The zero-order chi connectivity index (χ0) is 14.7. The van der Waals surface area contributed by atoms with Crippen molar-refractivity contribution in [3.63, 3.8) is 0 Å². The van der Waals surface area contributed by atoms with Crippen LogP contribution in [0.15, 0.2) is 18.6 Å². The highest BCUT2D eigenvalue weighted by atomic mass is 16.5. The monoisotopic (exact) mass is 290 g/mol. The van der Waals surface area contributed by atoms with Gasteiger partial charge in [0, 0.05) is 25.0 Å². The lowest BCUT2D eigenvalue weighted by Crippen LogP contribution is -2.44. The van der Waals surface area contributed by atoms with E-state index in [4.69, 9.17) is 10.5 Å². The molecule has 6 heteroatoms. The number of ether oxygens (including phenoxy) is 1. The molecule has 0 aliphatic carbocycles. The van der Waals surface area contributed by atoms with Gasteiger partial charge in [0.05, 0.1) is 24.9 Å². The quantitative estimate of drug-likeness (QED) is 0.866. The molecule has 0 aromatic carbocycles. The molecular weight excluding hydrogens is 268 g/mol. The molecule has 2 aliphatic heterocycles. The van der Waals surface area contributed by atoms with Crippen LogP contribution in [0.1, 0.15) is 25.0 Å². The second-order valence-electron chi connectivity index (χ2n) is 6.28. The van der Waals surface area contributed by atoms with E-state index in [9.17, 15) is 4.79 Å². The first-order chi connectivity index (χ1) is 10.2. The summed E-state index contributed by atoms with van der Waals surface area (Å²) < 4.78 is 5.99. The molecule has 1 spiro atoms. The summed E-state index contributed by atoms with van der Waals surface area (Å²) in [6.45, 7) is 3.07. The molecular formula is C15H22N4O2. The van der Waals surface area contributed by atoms with Gasteiger partial charge in [-0.3, -0.25) is 19.7 Å². The molecule has 1 amide bonds. The molecule has 2 aliphatic rings. The standard InChI is InChI=1S/C15H22N4O2/c16-14(20)10-19-5-1-15(2-6-19)8-13(21-11-15)7-12-9-17-3-4-18-12/h3-4,9,13H,1-2,5-8,10-11H2,(H2,16,20)/t13-/m0/s1. The molecule has 21 heavy (non-hydrogen) atoms. The molecule has 6 nitrogen and oxygen atoms in total. The largest absolute Gasteiger partial charge is 0.377 e. The highest BCUT2D eigenvalue weighted by Gasteiger charge is 2.42. The van der Waals surface area contributed by atoms with Crippen LogP contribution in [0, 0.1) is 5.41 Å². The minimum absolute atomic E-state index is 0.240. The average Bonchev–Trinajstić information content (AvgIpc) is 2.85. The third-order valence-corrected chi connectivity index (χ3v) is 4.64. The van der Waals surface area contributed by atoms with Crippen molar-refractivity contribution < 1.29 is 9.53 Å². The van der Waals surface area contributed by atoms with E-state index < -0.39 is 0 Å². The SMILES string of the molecule is NC(=O)CN1CCC2(CC1)CO[C@@H](Cc1cnccn1)C2. The van der Waals surface area contributed by atoms with E-state index in [0.717, 1.165) is 51.1 Å². The molecule has 114 valence electrons. The summed E-state index contributed by atoms with van der Waals surface area (Å²) in [5, 5.41) is 0. The maximum Gasteiger partial charge on any atom is 0.231 e. The molecule has 0 saturated carbocycles. The van der Waals surface area contributed by atoms with Crippen LogP contribution >= 0.6 is 0 Å². The number of hydrogen-bond donors (Lipinski definition) is 1. The first kappa shape index (κ1) is 14.4. The number of amides is 1. The summed E-state index contributed by atoms with van der Waals surface area (Å²) in [7, 11) is 0. The van der Waals surface area contributed by atoms with Crippen molar-refractivity contribution >= 4 is 5.91 Å². The number of carbonyl (C=O) groups excluding carboxylic acids is 1. The highest BCUT2D eigenvalue weighted by Crippen LogP contribution is 2.42. The normalized spacial score (nSPS) is 25.2. The Labute approximate surface area is 124 Å². The summed E-state index contributed by atoms with van der Waals surface area (Å²) in [5.74, 6) is -0.242. The first-order valence-corrected chi connectivity index (χ1v) is 7.52. The minimum Gasteiger partial charge on any atom is -0.377 e. The van der Waals surface area contributed by atoms with Crippen LogP contribution in [0.4, 0.5) is 0 Å². The van der Waals surface area contributed by atoms with Crippen molar-refractivity contribution in [2.24, 2.45) is 11.1 Å². The number of likely N-dealkylation sites (tertiary alicyclic amines) is 1. The zero-order valence-corrected chi connectivity index (χ0v) is 12.2. The van der Waals surface area contributed by atoms with Gasteiger partial charge in [0.25, 0.3) is 0 Å². The summed E-state index contributed by atoms with van der Waals surface area (Å²) in [6.07, 6.45) is 9.54. The van der Waals surface area contributed by atoms with Gasteiger partial charge in [0.15, 0.2) is 0 Å². The van der Waals surface area contributed by atoms with Crippen LogP contribution in [0.5, 0.6) is 0 Å². The van der Waals surface area contributed by atoms with Gasteiger partial charge >= 0.3 is 0 Å². The number of aromatic nitrogens is 2. The lowest BCUT2D eigenvalue weighted by Gasteiger charge is -2.37. The van der Waals surface area contributed by atoms with Gasteiger partial charge in [-0.15, -0.1) is 0 Å². The molecule has 3 heterocycles. The summed E-state index contributed by atoms with van der Waals surface area (Å²) in [4.78, 5) is 21.5. The fourth-order valence-electron chi connectivity index (χ4n) is 3.45. The van der Waals surface area contributed by atoms with E-state index >= 15 is 0 Å². The van der Waals surface area contributed by atoms with Crippen molar-refractivity contribution in [2.45, 2.75) is 31.8 Å². The zero-order valence-electron chi connectivity index (χ0n) is 12.2. The molecule has 2 fully saturated rings. The Morgan fingerprint density at radius 3 is 2.90 bits per heavy atom. The van der Waals surface area contributed by atoms with Crippen LogP contribution in [0.3, 0.4) is 0 Å². The number of rotatable bonds is 4. The fourth-order valence-corrected chi connectivity index (χ4v) is 3.45. The Morgan fingerprint density at radius 1 is 1.43 bits per heavy atom. The molecule has 0 bridgehead atoms. The van der Waals surface area contributed by atoms with Gasteiger partial charge in [-0.2, -0.15) is 0 Å². The molecule has 1 aromatic heterocycles. The Morgan fingerprint density at radius 2 is 2.24 bits per heavy atom. The maximum atomic E-state index is 11.0. The molecule has 2 N–H and O–H groups in total. The number of piperidine rings is 1. The van der Waals surface area contributed by atoms with Gasteiger partial charge in [-0.05, 0) is 37.8 Å². The minimum atomic E-state index is -0.242. The summed E-state index contributed by atoms with van der Waals surface area (Å²) in [5.41, 5.74) is 6.53. The molecule has 0 radical (unpaired) electrons. The number of nitrogens with zero attached hydrogens (tertiary/aromatic N) is 3. The van der Waals surface area contributed by atoms with Gasteiger partial charge in [0.1, 0.15) is 0 Å². The van der Waals surface area contributed by atoms with E-state index in [1.807, 2.05) is 6.20 Å². The number of carbonyl (C=O) groups is 1. The van der Waals surface area contributed by atoms with E-state index in [1.165, 1.54) is 0 Å². The number of hydrogen-bond acceptors (Lipinski definition) is 5. The van der Waals surface area contributed by atoms with E-state index in [2.05, 4.69) is 14.9 Å². The molecule has 1 atom stereocenters. The second-order valence-corrected chi connectivity index (χ2v) is 6.28. The maximum absolute atomic E-state index is 11.0. The Balaban J connectivity index is 1.52. The Bertz CT molecular complexity index is 486. The van der Waals surface area contributed by atoms with Crippen molar-refractivity contribution in [1.82, 2.24) is 14.9 Å². The average molecular weight is 290 g/mol. The predicted molar refractivity (Wildman–Crippen MR) is 77.4 cm³/mol. The Hall–Kier alpha value is -1.53. The predicted octanol–water partition coefficient (Wildman–Crippen LogP) is 0.376. The van der Waals surface area contributed by atoms with E-state index in [0.29, 0.717) is 6.54 Å². The van der Waals surface area contributed by atoms with Gasteiger partial charge in [-0.1, -0.05) is 0 Å². The van der Waals surface area contributed by atoms with Crippen LogP contribution < -0.4 is 5.73 Å². The van der Waals surface area contributed by atoms with Crippen molar-refractivity contribution in [2.75, 3.05) is 26.2 Å². The first-order valence-electron chi connectivity index (χ1n) is 7.52. The van der Waals surface area contributed by atoms with Crippen LogP contribution in [0.25, 0.3) is 0 Å². The summed E-state index contributed by atoms with van der Waals surface area (Å²) >= 11 is 0. The highest BCUT2D eigenvalue weighted by molar-refractivity contribution is 5.75. The smallest absolute Gasteiger partial charge is 0.231 e. The van der Waals surface area contributed by atoms with Crippen molar-refractivity contribution in [3.05, 3.63) is 24.3 Å². The lowest BCUT2D eigenvalue weighted by molar-refractivity contribution is -0.119. The molecule has 3 rings (SSSR count). The number of nitrogens with two attached hydrogens (primary N) is 1. The van der Waals surface area contributed by atoms with Crippen LogP contribution in [0.2, 0.25) is 0 Å². The fraction of sp³-hybridized carbons (Fsp3) is 0.667. The van der Waals surface area contributed by atoms with E-state index in [1.54, 1.807) is 12.4 Å². The van der Waals surface area contributed by atoms with Gasteiger partial charge in [-0.25, -0.2) is 0 Å². The van der Waals surface area contributed by atoms with Gasteiger partial charge in [0.2, 0.25) is 5.91 Å². The summed E-state index contributed by atoms with van der Waals surface area (Å²) in [6, 6.07) is 0. The van der Waals surface area contributed by atoms with Gasteiger partial charge < -0.3 is 10.5 Å². The molecule has 2 saturated heterocycles. The number of primary amides is 1. The second kappa shape index (κ2) is 6.07. The third kappa shape index (κ3) is 3.57. The Kier molecular flexibility index (Phi) is 4.17. The molecule has 1 aromatic rings. The van der Waals surface area contributed by atoms with Crippen LogP contribution in [-0.4, -0.2) is 53.1 Å². The van der Waals surface area contributed by atoms with Crippen molar-refractivity contribution in [3.8, 4) is 0 Å². The van der Waals surface area contributed by atoms with E-state index in [-0.39, 0.29) is 17.4 Å².